The van der Waals surface area contributed by atoms with Crippen LogP contribution in [0.4, 0.5) is 0 Å². The highest BCUT2D eigenvalue weighted by molar-refractivity contribution is 5.92. The van der Waals surface area contributed by atoms with E-state index in [0.29, 0.717) is 6.29 Å². The molecular weight excluding hydrogens is 186 g/mol. The molecule has 0 aliphatic carbocycles. The van der Waals surface area contributed by atoms with Crippen molar-refractivity contribution in [2.24, 2.45) is 0 Å². The van der Waals surface area contributed by atoms with Gasteiger partial charge < -0.3 is 9.47 Å². The molecule has 1 aromatic rings. The van der Waals surface area contributed by atoms with Gasteiger partial charge in [-0.2, -0.15) is 0 Å². The van der Waals surface area contributed by atoms with Gasteiger partial charge in [-0.15, -0.1) is 0 Å². The number of carbonyl (C=O) groups excluding carboxylic acids is 2. The second-order valence-electron chi connectivity index (χ2n) is 2.40. The Labute approximate surface area is 80.7 Å². The maximum Gasteiger partial charge on any atom is 0.343 e. The van der Waals surface area contributed by atoms with Crippen molar-refractivity contribution < 1.29 is 19.1 Å². The van der Waals surface area contributed by atoms with Gasteiger partial charge in [-0.25, -0.2) is 9.78 Å². The average Bonchev–Trinajstić information content (AvgIpc) is 2.27. The third-order valence-corrected chi connectivity index (χ3v) is 1.60. The number of rotatable bonds is 3. The van der Waals surface area contributed by atoms with E-state index in [9.17, 15) is 9.59 Å². The topological polar surface area (TPSA) is 65.5 Å². The lowest BCUT2D eigenvalue weighted by Gasteiger charge is -2.05. The fourth-order valence-corrected chi connectivity index (χ4v) is 0.941. The summed E-state index contributed by atoms with van der Waals surface area (Å²) in [5, 5.41) is 0. The molecule has 14 heavy (non-hydrogen) atoms. The molecule has 0 bridgehead atoms. The van der Waals surface area contributed by atoms with Crippen molar-refractivity contribution >= 4 is 12.3 Å². The van der Waals surface area contributed by atoms with Crippen molar-refractivity contribution in [2.45, 2.75) is 0 Å². The molecular formula is C9H9NO4. The molecule has 0 fully saturated rings. The number of aldehydes is 1. The number of ether oxygens (including phenoxy) is 2. The third-order valence-electron chi connectivity index (χ3n) is 1.60. The molecule has 5 heteroatoms. The molecule has 1 rings (SSSR count). The van der Waals surface area contributed by atoms with E-state index in [4.69, 9.17) is 4.74 Å². The molecule has 0 amide bonds. The van der Waals surface area contributed by atoms with Crippen LogP contribution in [0.1, 0.15) is 20.8 Å². The first-order valence-electron chi connectivity index (χ1n) is 3.81. The normalized spacial score (nSPS) is 9.29. The highest BCUT2D eigenvalue weighted by atomic mass is 16.5. The second-order valence-corrected chi connectivity index (χ2v) is 2.40. The Kier molecular flexibility index (Phi) is 3.17. The van der Waals surface area contributed by atoms with Crippen LogP contribution in [0, 0.1) is 0 Å². The van der Waals surface area contributed by atoms with Crippen molar-refractivity contribution in [3.8, 4) is 5.88 Å². The van der Waals surface area contributed by atoms with Gasteiger partial charge in [0.25, 0.3) is 0 Å². The zero-order valence-electron chi connectivity index (χ0n) is 7.81. The van der Waals surface area contributed by atoms with Gasteiger partial charge in [-0.1, -0.05) is 0 Å². The van der Waals surface area contributed by atoms with Crippen LogP contribution in [0.15, 0.2) is 12.1 Å². The fourth-order valence-electron chi connectivity index (χ4n) is 0.941. The van der Waals surface area contributed by atoms with Crippen LogP contribution >= 0.6 is 0 Å². The highest BCUT2D eigenvalue weighted by Crippen LogP contribution is 2.15. The molecule has 0 radical (unpaired) electrons. The number of pyridine rings is 1. The third kappa shape index (κ3) is 1.87. The molecule has 0 saturated heterocycles. The molecule has 0 unspecified atom stereocenters. The molecule has 0 aliphatic rings. The number of hydrogen-bond donors (Lipinski definition) is 0. The Morgan fingerprint density at radius 3 is 2.64 bits per heavy atom. The van der Waals surface area contributed by atoms with E-state index in [1.54, 1.807) is 0 Å². The van der Waals surface area contributed by atoms with Crippen LogP contribution in [0.2, 0.25) is 0 Å². The largest absolute Gasteiger partial charge is 0.480 e. The van der Waals surface area contributed by atoms with Crippen molar-refractivity contribution in [1.82, 2.24) is 4.98 Å². The zero-order valence-corrected chi connectivity index (χ0v) is 7.81. The van der Waals surface area contributed by atoms with E-state index in [1.165, 1.54) is 26.4 Å². The van der Waals surface area contributed by atoms with Gasteiger partial charge in [-0.3, -0.25) is 4.79 Å². The Hall–Kier alpha value is -1.91. The molecule has 0 aromatic carbocycles. The van der Waals surface area contributed by atoms with Crippen LogP contribution in [0.3, 0.4) is 0 Å². The molecule has 5 nitrogen and oxygen atoms in total. The van der Waals surface area contributed by atoms with Gasteiger partial charge in [0.2, 0.25) is 5.88 Å². The number of carbonyl (C=O) groups is 2. The van der Waals surface area contributed by atoms with Crippen LogP contribution in [-0.4, -0.2) is 31.5 Å². The maximum absolute atomic E-state index is 11.2. The van der Waals surface area contributed by atoms with E-state index in [-0.39, 0.29) is 17.1 Å². The SMILES string of the molecule is COC(=O)c1ccc(C=O)nc1OC. The summed E-state index contributed by atoms with van der Waals surface area (Å²) in [5.41, 5.74) is 0.398. The number of aromatic nitrogens is 1. The quantitative estimate of drug-likeness (QED) is 0.524. The Morgan fingerprint density at radius 2 is 2.14 bits per heavy atom. The van der Waals surface area contributed by atoms with Gasteiger partial charge >= 0.3 is 5.97 Å². The van der Waals surface area contributed by atoms with Gasteiger partial charge in [0.1, 0.15) is 11.3 Å². The summed E-state index contributed by atoms with van der Waals surface area (Å²) < 4.78 is 9.34. The summed E-state index contributed by atoms with van der Waals surface area (Å²) in [4.78, 5) is 25.3. The van der Waals surface area contributed by atoms with Gasteiger partial charge in [0, 0.05) is 0 Å². The van der Waals surface area contributed by atoms with Gasteiger partial charge in [0.15, 0.2) is 6.29 Å². The summed E-state index contributed by atoms with van der Waals surface area (Å²) in [6, 6.07) is 2.85. The minimum atomic E-state index is -0.549. The van der Waals surface area contributed by atoms with Crippen molar-refractivity contribution in [2.75, 3.05) is 14.2 Å². The lowest BCUT2D eigenvalue weighted by Crippen LogP contribution is -2.06. The lowest BCUT2D eigenvalue weighted by atomic mass is 10.2. The Morgan fingerprint density at radius 1 is 1.43 bits per heavy atom. The molecule has 0 N–H and O–H groups in total. The maximum atomic E-state index is 11.2. The predicted molar refractivity (Wildman–Crippen MR) is 47.5 cm³/mol. The smallest absolute Gasteiger partial charge is 0.343 e. The first-order chi connectivity index (χ1) is 6.72. The number of methoxy groups -OCH3 is 2. The van der Waals surface area contributed by atoms with E-state index in [1.807, 2.05) is 0 Å². The number of nitrogens with zero attached hydrogens (tertiary/aromatic N) is 1. The minimum absolute atomic E-state index is 0.0847. The summed E-state index contributed by atoms with van der Waals surface area (Å²) in [7, 11) is 2.62. The number of hydrogen-bond acceptors (Lipinski definition) is 5. The monoisotopic (exact) mass is 195 g/mol. The fraction of sp³-hybridized carbons (Fsp3) is 0.222. The minimum Gasteiger partial charge on any atom is -0.480 e. The van der Waals surface area contributed by atoms with Crippen molar-refractivity contribution in [3.63, 3.8) is 0 Å². The second kappa shape index (κ2) is 4.36. The first-order valence-corrected chi connectivity index (χ1v) is 3.81. The molecule has 0 saturated carbocycles. The molecule has 0 aliphatic heterocycles. The Bertz CT molecular complexity index is 362. The van der Waals surface area contributed by atoms with Crippen LogP contribution in [-0.2, 0) is 4.74 Å². The summed E-state index contributed by atoms with van der Waals surface area (Å²) >= 11 is 0. The predicted octanol–water partition coefficient (Wildman–Crippen LogP) is 0.689. The zero-order chi connectivity index (χ0) is 10.6. The van der Waals surface area contributed by atoms with Gasteiger partial charge in [-0.05, 0) is 12.1 Å². The first kappa shape index (κ1) is 10.2. The van der Waals surface area contributed by atoms with Crippen molar-refractivity contribution in [3.05, 3.63) is 23.4 Å². The number of esters is 1. The Balaban J connectivity index is 3.17. The van der Waals surface area contributed by atoms with Crippen LogP contribution in [0.25, 0.3) is 0 Å². The van der Waals surface area contributed by atoms with E-state index in [2.05, 4.69) is 9.72 Å². The summed E-state index contributed by atoms with van der Waals surface area (Å²) in [5.74, 6) is -0.465. The molecule has 0 spiro atoms. The molecule has 1 aromatic heterocycles. The molecule has 74 valence electrons. The van der Waals surface area contributed by atoms with E-state index in [0.717, 1.165) is 0 Å². The van der Waals surface area contributed by atoms with Crippen molar-refractivity contribution in [1.29, 1.82) is 0 Å². The highest BCUT2D eigenvalue weighted by Gasteiger charge is 2.14. The van der Waals surface area contributed by atoms with E-state index < -0.39 is 5.97 Å². The average molecular weight is 195 g/mol. The van der Waals surface area contributed by atoms with Gasteiger partial charge in [0.05, 0.1) is 14.2 Å². The van der Waals surface area contributed by atoms with Crippen LogP contribution in [0.5, 0.6) is 5.88 Å². The van der Waals surface area contributed by atoms with E-state index >= 15 is 0 Å². The standard InChI is InChI=1S/C9H9NO4/c1-13-8-7(9(12)14-2)4-3-6(5-11)10-8/h3-5H,1-2H3. The van der Waals surface area contributed by atoms with Crippen LogP contribution < -0.4 is 4.74 Å². The molecule has 1 heterocycles. The lowest BCUT2D eigenvalue weighted by molar-refractivity contribution is 0.0596. The summed E-state index contributed by atoms with van der Waals surface area (Å²) in [6.07, 6.45) is 0.573. The summed E-state index contributed by atoms with van der Waals surface area (Å²) in [6.45, 7) is 0. The molecule has 0 atom stereocenters.